The van der Waals surface area contributed by atoms with Gasteiger partial charge in [0.05, 0.1) is 12.3 Å². The summed E-state index contributed by atoms with van der Waals surface area (Å²) in [6, 6.07) is 4.41. The second kappa shape index (κ2) is 5.56. The van der Waals surface area contributed by atoms with Gasteiger partial charge in [0, 0.05) is 12.6 Å². The first-order valence-corrected chi connectivity index (χ1v) is 4.92. The summed E-state index contributed by atoms with van der Waals surface area (Å²) in [6.07, 6.45) is 0.935. The maximum atomic E-state index is 12.8. The molecule has 1 aromatic rings. The monoisotopic (exact) mass is 212 g/mol. The van der Waals surface area contributed by atoms with E-state index in [2.05, 4.69) is 4.90 Å². The van der Waals surface area contributed by atoms with E-state index in [1.54, 1.807) is 6.07 Å². The van der Waals surface area contributed by atoms with Gasteiger partial charge >= 0.3 is 0 Å². The lowest BCUT2D eigenvalue weighted by molar-refractivity contribution is 0.281. The average molecular weight is 212 g/mol. The van der Waals surface area contributed by atoms with Gasteiger partial charge < -0.3 is 15.4 Å². The molecule has 1 rings (SSSR count). The van der Waals surface area contributed by atoms with Crippen LogP contribution in [0.3, 0.4) is 0 Å². The molecule has 0 saturated carbocycles. The SMILES string of the molecule is CN(C)CCCOc1ccc(F)c(N)c1. The number of hydrogen-bond donors (Lipinski definition) is 1. The molecule has 0 aromatic heterocycles. The molecular formula is C11H17FN2O. The molecule has 0 fully saturated rings. The van der Waals surface area contributed by atoms with Gasteiger partial charge in [-0.1, -0.05) is 0 Å². The van der Waals surface area contributed by atoms with Gasteiger partial charge in [0.15, 0.2) is 0 Å². The molecule has 0 atom stereocenters. The highest BCUT2D eigenvalue weighted by Crippen LogP contribution is 2.18. The van der Waals surface area contributed by atoms with E-state index < -0.39 is 5.82 Å². The third-order valence-electron chi connectivity index (χ3n) is 1.99. The van der Waals surface area contributed by atoms with Gasteiger partial charge in [0.25, 0.3) is 0 Å². The van der Waals surface area contributed by atoms with Crippen molar-refractivity contribution in [2.45, 2.75) is 6.42 Å². The van der Waals surface area contributed by atoms with Crippen molar-refractivity contribution in [1.82, 2.24) is 4.90 Å². The largest absolute Gasteiger partial charge is 0.493 e. The Morgan fingerprint density at radius 3 is 2.73 bits per heavy atom. The smallest absolute Gasteiger partial charge is 0.146 e. The van der Waals surface area contributed by atoms with Crippen LogP contribution >= 0.6 is 0 Å². The second-order valence-corrected chi connectivity index (χ2v) is 3.69. The van der Waals surface area contributed by atoms with Crippen LogP contribution in [0.1, 0.15) is 6.42 Å². The molecule has 0 spiro atoms. The van der Waals surface area contributed by atoms with E-state index in [1.807, 2.05) is 14.1 Å². The first-order valence-electron chi connectivity index (χ1n) is 4.92. The van der Waals surface area contributed by atoms with Crippen molar-refractivity contribution in [3.63, 3.8) is 0 Å². The van der Waals surface area contributed by atoms with Crippen molar-refractivity contribution in [2.75, 3.05) is 33.0 Å². The fraction of sp³-hybridized carbons (Fsp3) is 0.455. The van der Waals surface area contributed by atoms with Crippen molar-refractivity contribution in [2.24, 2.45) is 0 Å². The zero-order valence-electron chi connectivity index (χ0n) is 9.16. The van der Waals surface area contributed by atoms with E-state index in [4.69, 9.17) is 10.5 Å². The summed E-state index contributed by atoms with van der Waals surface area (Å²) in [5.74, 6) is 0.211. The van der Waals surface area contributed by atoms with E-state index in [9.17, 15) is 4.39 Å². The van der Waals surface area contributed by atoms with Gasteiger partial charge in [-0.15, -0.1) is 0 Å². The molecule has 0 unspecified atom stereocenters. The number of benzene rings is 1. The van der Waals surface area contributed by atoms with Gasteiger partial charge in [-0.3, -0.25) is 0 Å². The lowest BCUT2D eigenvalue weighted by atomic mass is 10.3. The molecule has 2 N–H and O–H groups in total. The van der Waals surface area contributed by atoms with E-state index in [-0.39, 0.29) is 5.69 Å². The normalized spacial score (nSPS) is 10.7. The predicted octanol–water partition coefficient (Wildman–Crippen LogP) is 1.74. The number of rotatable bonds is 5. The molecule has 0 aliphatic heterocycles. The molecule has 0 aliphatic rings. The van der Waals surface area contributed by atoms with E-state index >= 15 is 0 Å². The third-order valence-corrected chi connectivity index (χ3v) is 1.99. The number of nitrogen functional groups attached to an aromatic ring is 1. The van der Waals surface area contributed by atoms with Crippen LogP contribution in [0.2, 0.25) is 0 Å². The molecule has 0 heterocycles. The fourth-order valence-corrected chi connectivity index (χ4v) is 1.18. The van der Waals surface area contributed by atoms with Crippen LogP contribution in [0.15, 0.2) is 18.2 Å². The first kappa shape index (κ1) is 11.8. The van der Waals surface area contributed by atoms with Crippen molar-refractivity contribution < 1.29 is 9.13 Å². The Hall–Kier alpha value is -1.29. The maximum Gasteiger partial charge on any atom is 0.146 e. The Balaban J connectivity index is 2.35. The summed E-state index contributed by atoms with van der Waals surface area (Å²) >= 11 is 0. The molecule has 15 heavy (non-hydrogen) atoms. The summed E-state index contributed by atoms with van der Waals surface area (Å²) < 4.78 is 18.2. The van der Waals surface area contributed by atoms with Crippen LogP contribution in [0.25, 0.3) is 0 Å². The number of halogens is 1. The Kier molecular flexibility index (Phi) is 4.37. The van der Waals surface area contributed by atoms with Gasteiger partial charge in [-0.2, -0.15) is 0 Å². The van der Waals surface area contributed by atoms with Gasteiger partial charge in [0.2, 0.25) is 0 Å². The minimum absolute atomic E-state index is 0.125. The van der Waals surface area contributed by atoms with Crippen LogP contribution in [0, 0.1) is 5.82 Å². The Morgan fingerprint density at radius 2 is 2.13 bits per heavy atom. The Labute approximate surface area is 89.6 Å². The summed E-state index contributed by atoms with van der Waals surface area (Å²) in [5, 5.41) is 0. The molecule has 0 aliphatic carbocycles. The van der Waals surface area contributed by atoms with Gasteiger partial charge in [-0.05, 0) is 32.6 Å². The lowest BCUT2D eigenvalue weighted by Gasteiger charge is -2.10. The number of nitrogens with zero attached hydrogens (tertiary/aromatic N) is 1. The first-order chi connectivity index (χ1) is 7.09. The number of hydrogen-bond acceptors (Lipinski definition) is 3. The van der Waals surface area contributed by atoms with Crippen LogP contribution in [-0.2, 0) is 0 Å². The van der Waals surface area contributed by atoms with Crippen molar-refractivity contribution in [3.05, 3.63) is 24.0 Å². The molecule has 0 bridgehead atoms. The zero-order chi connectivity index (χ0) is 11.3. The summed E-state index contributed by atoms with van der Waals surface area (Å²) in [7, 11) is 4.02. The summed E-state index contributed by atoms with van der Waals surface area (Å²) in [4.78, 5) is 2.09. The molecule has 3 nitrogen and oxygen atoms in total. The van der Waals surface area contributed by atoms with Crippen LogP contribution in [0.5, 0.6) is 5.75 Å². The zero-order valence-corrected chi connectivity index (χ0v) is 9.16. The van der Waals surface area contributed by atoms with Crippen molar-refractivity contribution in [1.29, 1.82) is 0 Å². The van der Waals surface area contributed by atoms with E-state index in [0.717, 1.165) is 13.0 Å². The molecule has 4 heteroatoms. The lowest BCUT2D eigenvalue weighted by Crippen LogP contribution is -2.15. The Morgan fingerprint density at radius 1 is 1.40 bits per heavy atom. The van der Waals surface area contributed by atoms with Crippen molar-refractivity contribution in [3.8, 4) is 5.75 Å². The van der Waals surface area contributed by atoms with Crippen molar-refractivity contribution >= 4 is 5.69 Å². The average Bonchev–Trinajstić information content (AvgIpc) is 2.18. The van der Waals surface area contributed by atoms with Crippen LogP contribution < -0.4 is 10.5 Å². The van der Waals surface area contributed by atoms with Gasteiger partial charge in [-0.25, -0.2) is 4.39 Å². The minimum Gasteiger partial charge on any atom is -0.493 e. The third kappa shape index (κ3) is 4.16. The summed E-state index contributed by atoms with van der Waals surface area (Å²) in [5.41, 5.74) is 5.53. The number of anilines is 1. The fourth-order valence-electron chi connectivity index (χ4n) is 1.18. The number of ether oxygens (including phenoxy) is 1. The van der Waals surface area contributed by atoms with Gasteiger partial charge in [0.1, 0.15) is 11.6 Å². The highest BCUT2D eigenvalue weighted by Gasteiger charge is 2.00. The molecular weight excluding hydrogens is 195 g/mol. The molecule has 1 aromatic carbocycles. The van der Waals surface area contributed by atoms with Crippen LogP contribution in [-0.4, -0.2) is 32.1 Å². The molecule has 0 saturated heterocycles. The topological polar surface area (TPSA) is 38.5 Å². The standard InChI is InChI=1S/C11H17FN2O/c1-14(2)6-3-7-15-9-4-5-10(12)11(13)8-9/h4-5,8H,3,6-7,13H2,1-2H3. The molecule has 0 radical (unpaired) electrons. The number of nitrogens with two attached hydrogens (primary N) is 1. The minimum atomic E-state index is -0.407. The Bertz CT molecular complexity index is 315. The second-order valence-electron chi connectivity index (χ2n) is 3.69. The molecule has 0 amide bonds. The predicted molar refractivity (Wildman–Crippen MR) is 59.5 cm³/mol. The quantitative estimate of drug-likeness (QED) is 0.597. The van der Waals surface area contributed by atoms with E-state index in [0.29, 0.717) is 12.4 Å². The molecule has 84 valence electrons. The highest BCUT2D eigenvalue weighted by molar-refractivity contribution is 5.45. The maximum absolute atomic E-state index is 12.8. The van der Waals surface area contributed by atoms with E-state index in [1.165, 1.54) is 12.1 Å². The highest BCUT2D eigenvalue weighted by atomic mass is 19.1. The summed E-state index contributed by atoms with van der Waals surface area (Å²) in [6.45, 7) is 1.58. The van der Waals surface area contributed by atoms with Crippen LogP contribution in [0.4, 0.5) is 10.1 Å².